The Morgan fingerprint density at radius 1 is 1.10 bits per heavy atom. The van der Waals surface area contributed by atoms with E-state index in [0.717, 1.165) is 12.1 Å². The first-order chi connectivity index (χ1) is 15.0. The first kappa shape index (κ1) is 22.0. The van der Waals surface area contributed by atoms with E-state index in [1.165, 1.54) is 21.3 Å². The Morgan fingerprint density at radius 3 is 2.16 bits per heavy atom. The number of methoxy groups -OCH3 is 3. The summed E-state index contributed by atoms with van der Waals surface area (Å²) in [6, 6.07) is 9.94. The standard InChI is InChI=1S/C23H25N5O3/c1-5-28-7-6-15-16(10-24)22(27)23(12-25,13-26)20(17(15)11-28)14-8-18(29-2)21(31-4)19(9-14)30-3/h6,8-9,17,20H,5,7,11,27H2,1-4H3/t17-,20-/m0/s1. The molecule has 0 amide bonds. The van der Waals surface area contributed by atoms with Gasteiger partial charge in [-0.05, 0) is 29.8 Å². The zero-order chi connectivity index (χ0) is 22.8. The van der Waals surface area contributed by atoms with Crippen LogP contribution in [0, 0.1) is 45.3 Å². The Kier molecular flexibility index (Phi) is 6.11. The van der Waals surface area contributed by atoms with Gasteiger partial charge in [0.1, 0.15) is 6.07 Å². The summed E-state index contributed by atoms with van der Waals surface area (Å²) < 4.78 is 16.4. The number of ether oxygens (including phenoxy) is 3. The highest BCUT2D eigenvalue weighted by Gasteiger charge is 2.54. The Balaban J connectivity index is 2.36. The van der Waals surface area contributed by atoms with Crippen molar-refractivity contribution in [3.63, 3.8) is 0 Å². The molecule has 0 fully saturated rings. The molecular weight excluding hydrogens is 394 g/mol. The number of hydrogen-bond donors (Lipinski definition) is 1. The third-order valence-corrected chi connectivity index (χ3v) is 6.23. The minimum Gasteiger partial charge on any atom is -0.493 e. The number of benzene rings is 1. The number of nitrogens with zero attached hydrogens (tertiary/aromatic N) is 4. The highest BCUT2D eigenvalue weighted by Crippen LogP contribution is 2.55. The molecule has 1 aromatic carbocycles. The van der Waals surface area contributed by atoms with E-state index in [2.05, 4.69) is 23.1 Å². The van der Waals surface area contributed by atoms with Crippen LogP contribution in [-0.4, -0.2) is 45.9 Å². The van der Waals surface area contributed by atoms with Crippen molar-refractivity contribution in [2.45, 2.75) is 12.8 Å². The van der Waals surface area contributed by atoms with Crippen LogP contribution >= 0.6 is 0 Å². The van der Waals surface area contributed by atoms with Gasteiger partial charge in [-0.3, -0.25) is 4.90 Å². The minimum absolute atomic E-state index is 0.00815. The summed E-state index contributed by atoms with van der Waals surface area (Å²) >= 11 is 0. The number of fused-ring (bicyclic) bond motifs is 1. The van der Waals surface area contributed by atoms with Gasteiger partial charge in [0.25, 0.3) is 0 Å². The van der Waals surface area contributed by atoms with E-state index in [4.69, 9.17) is 19.9 Å². The van der Waals surface area contributed by atoms with Gasteiger partial charge < -0.3 is 19.9 Å². The third-order valence-electron chi connectivity index (χ3n) is 6.23. The summed E-state index contributed by atoms with van der Waals surface area (Å²) in [6.07, 6.45) is 1.98. The fourth-order valence-electron chi connectivity index (χ4n) is 4.66. The lowest BCUT2D eigenvalue weighted by Gasteiger charge is -2.45. The molecule has 0 radical (unpaired) electrons. The first-order valence-electron chi connectivity index (χ1n) is 9.91. The smallest absolute Gasteiger partial charge is 0.203 e. The van der Waals surface area contributed by atoms with Crippen LogP contribution in [0.4, 0.5) is 0 Å². The summed E-state index contributed by atoms with van der Waals surface area (Å²) in [5.74, 6) is 0.347. The van der Waals surface area contributed by atoms with Gasteiger partial charge in [0.05, 0.1) is 44.7 Å². The zero-order valence-electron chi connectivity index (χ0n) is 18.1. The highest BCUT2D eigenvalue weighted by atomic mass is 16.5. The van der Waals surface area contributed by atoms with Crippen molar-refractivity contribution in [2.75, 3.05) is 41.0 Å². The molecule has 1 aliphatic heterocycles. The molecule has 31 heavy (non-hydrogen) atoms. The van der Waals surface area contributed by atoms with Crippen LogP contribution in [0.2, 0.25) is 0 Å². The SMILES string of the molecule is CCN1CC=C2C(C#N)=C(N)C(C#N)(C#N)[C@@H](c3cc(OC)c(OC)c(OC)c3)[C@H]2C1. The molecule has 1 aromatic rings. The van der Waals surface area contributed by atoms with Crippen molar-refractivity contribution in [2.24, 2.45) is 17.1 Å². The fraction of sp³-hybridized carbons (Fsp3) is 0.435. The van der Waals surface area contributed by atoms with Gasteiger partial charge >= 0.3 is 0 Å². The number of nitriles is 3. The maximum absolute atomic E-state index is 10.2. The van der Waals surface area contributed by atoms with Gasteiger partial charge in [-0.1, -0.05) is 13.0 Å². The van der Waals surface area contributed by atoms with Gasteiger partial charge in [-0.25, -0.2) is 0 Å². The lowest BCUT2D eigenvalue weighted by molar-refractivity contribution is 0.214. The van der Waals surface area contributed by atoms with Crippen molar-refractivity contribution in [3.8, 4) is 35.5 Å². The summed E-state index contributed by atoms with van der Waals surface area (Å²) in [4.78, 5) is 2.20. The van der Waals surface area contributed by atoms with Crippen molar-refractivity contribution >= 4 is 0 Å². The lowest BCUT2D eigenvalue weighted by Crippen LogP contribution is -2.48. The molecule has 2 aliphatic rings. The van der Waals surface area contributed by atoms with Gasteiger partial charge in [-0.15, -0.1) is 0 Å². The van der Waals surface area contributed by atoms with Crippen LogP contribution in [0.5, 0.6) is 17.2 Å². The molecule has 0 spiro atoms. The molecule has 1 heterocycles. The van der Waals surface area contributed by atoms with Gasteiger partial charge in [0.2, 0.25) is 5.75 Å². The molecule has 2 atom stereocenters. The summed E-state index contributed by atoms with van der Waals surface area (Å²) in [5.41, 5.74) is 6.31. The Morgan fingerprint density at radius 2 is 1.71 bits per heavy atom. The monoisotopic (exact) mass is 419 g/mol. The fourth-order valence-corrected chi connectivity index (χ4v) is 4.66. The molecule has 8 heteroatoms. The van der Waals surface area contributed by atoms with E-state index in [-0.39, 0.29) is 17.2 Å². The lowest BCUT2D eigenvalue weighted by atomic mass is 9.58. The molecule has 160 valence electrons. The second-order valence-corrected chi connectivity index (χ2v) is 7.49. The number of rotatable bonds is 5. The van der Waals surface area contributed by atoms with E-state index in [0.29, 0.717) is 35.9 Å². The molecule has 0 aromatic heterocycles. The maximum atomic E-state index is 10.2. The molecule has 0 unspecified atom stereocenters. The van der Waals surface area contributed by atoms with Crippen molar-refractivity contribution in [3.05, 3.63) is 40.6 Å². The maximum Gasteiger partial charge on any atom is 0.203 e. The molecule has 0 bridgehead atoms. The number of allylic oxidation sites excluding steroid dienone is 2. The van der Waals surface area contributed by atoms with Gasteiger partial charge in [-0.2, -0.15) is 15.8 Å². The summed E-state index contributed by atoms with van der Waals surface area (Å²) in [7, 11) is 4.53. The Bertz CT molecular complexity index is 1030. The molecule has 3 rings (SSSR count). The van der Waals surface area contributed by atoms with E-state index in [1.807, 2.05) is 13.0 Å². The predicted octanol–water partition coefficient (Wildman–Crippen LogP) is 2.46. The van der Waals surface area contributed by atoms with E-state index >= 15 is 0 Å². The van der Waals surface area contributed by atoms with Crippen LogP contribution in [0.25, 0.3) is 0 Å². The molecule has 8 nitrogen and oxygen atoms in total. The minimum atomic E-state index is -1.71. The van der Waals surface area contributed by atoms with E-state index < -0.39 is 11.3 Å². The number of hydrogen-bond acceptors (Lipinski definition) is 8. The third kappa shape index (κ3) is 3.24. The summed E-state index contributed by atoms with van der Waals surface area (Å²) in [6.45, 7) is 4.12. The molecule has 1 aliphatic carbocycles. The van der Waals surface area contributed by atoms with Crippen molar-refractivity contribution in [1.29, 1.82) is 15.8 Å². The summed E-state index contributed by atoms with van der Waals surface area (Å²) in [5, 5.41) is 30.2. The predicted molar refractivity (Wildman–Crippen MR) is 113 cm³/mol. The van der Waals surface area contributed by atoms with Crippen molar-refractivity contribution in [1.82, 2.24) is 4.90 Å². The highest BCUT2D eigenvalue weighted by molar-refractivity contribution is 5.62. The molecular formula is C23H25N5O3. The van der Waals surface area contributed by atoms with Crippen molar-refractivity contribution < 1.29 is 14.2 Å². The number of likely N-dealkylation sites (N-methyl/N-ethyl adjacent to an activating group) is 1. The van der Waals surface area contributed by atoms with Crippen LogP contribution in [0.15, 0.2) is 35.1 Å². The zero-order valence-corrected chi connectivity index (χ0v) is 18.1. The van der Waals surface area contributed by atoms with Crippen LogP contribution in [0.3, 0.4) is 0 Å². The first-order valence-corrected chi connectivity index (χ1v) is 9.91. The second kappa shape index (κ2) is 8.60. The van der Waals surface area contributed by atoms with E-state index in [1.54, 1.807) is 12.1 Å². The molecule has 2 N–H and O–H groups in total. The van der Waals surface area contributed by atoms with E-state index in [9.17, 15) is 15.8 Å². The molecule has 0 saturated heterocycles. The normalized spacial score (nSPS) is 22.3. The Labute approximate surface area is 182 Å². The Hall–Kier alpha value is -3.67. The van der Waals surface area contributed by atoms with Gasteiger partial charge in [0, 0.05) is 24.9 Å². The van der Waals surface area contributed by atoms with Crippen LogP contribution < -0.4 is 19.9 Å². The average molecular weight is 419 g/mol. The van der Waals surface area contributed by atoms with Crippen LogP contribution in [-0.2, 0) is 0 Å². The largest absolute Gasteiger partial charge is 0.493 e. The molecule has 0 saturated carbocycles. The average Bonchev–Trinajstić information content (AvgIpc) is 2.82. The number of nitrogens with two attached hydrogens (primary N) is 1. The van der Waals surface area contributed by atoms with Gasteiger partial charge in [0.15, 0.2) is 16.9 Å². The van der Waals surface area contributed by atoms with Crippen LogP contribution in [0.1, 0.15) is 18.4 Å². The topological polar surface area (TPSA) is 128 Å². The second-order valence-electron chi connectivity index (χ2n) is 7.49. The quantitative estimate of drug-likeness (QED) is 0.771.